The first-order valence-electron chi connectivity index (χ1n) is 6.14. The van der Waals surface area contributed by atoms with Gasteiger partial charge in [0, 0.05) is 25.3 Å². The molecule has 2 atom stereocenters. The smallest absolute Gasteiger partial charge is 0.272 e. The largest absolute Gasteiger partial charge is 0.333 e. The van der Waals surface area contributed by atoms with Crippen LogP contribution in [0.5, 0.6) is 0 Å². The fourth-order valence-corrected chi connectivity index (χ4v) is 2.38. The number of hydrogen-bond acceptors (Lipinski definition) is 3. The van der Waals surface area contributed by atoms with Gasteiger partial charge in [0.25, 0.3) is 5.91 Å². The molecular weight excluding hydrogens is 285 g/mol. The van der Waals surface area contributed by atoms with Crippen molar-refractivity contribution in [3.05, 3.63) is 30.1 Å². The van der Waals surface area contributed by atoms with Crippen molar-refractivity contribution >= 4 is 30.7 Å². The number of halogens is 2. The van der Waals surface area contributed by atoms with Crippen molar-refractivity contribution in [1.29, 1.82) is 0 Å². The van der Waals surface area contributed by atoms with Crippen LogP contribution in [-0.4, -0.2) is 34.9 Å². The lowest BCUT2D eigenvalue weighted by molar-refractivity contribution is 0.0567. The van der Waals surface area contributed by atoms with Crippen molar-refractivity contribution < 1.29 is 4.79 Å². The summed E-state index contributed by atoms with van der Waals surface area (Å²) in [6, 6.07) is 5.57. The molecule has 0 aliphatic carbocycles. The van der Waals surface area contributed by atoms with Crippen molar-refractivity contribution in [1.82, 2.24) is 9.88 Å². The zero-order chi connectivity index (χ0) is 12.3. The summed E-state index contributed by atoms with van der Waals surface area (Å²) in [5, 5.41) is 0. The van der Waals surface area contributed by atoms with Crippen LogP contribution in [0.2, 0.25) is 0 Å². The number of carbonyl (C=O) groups is 1. The average molecular weight is 306 g/mol. The van der Waals surface area contributed by atoms with Crippen LogP contribution in [0, 0.1) is 5.92 Å². The van der Waals surface area contributed by atoms with E-state index in [1.807, 2.05) is 17.0 Å². The van der Waals surface area contributed by atoms with Gasteiger partial charge in [-0.3, -0.25) is 9.78 Å². The van der Waals surface area contributed by atoms with Gasteiger partial charge in [-0.2, -0.15) is 0 Å². The Morgan fingerprint density at radius 2 is 2.21 bits per heavy atom. The lowest BCUT2D eigenvalue weighted by atomic mass is 9.92. The van der Waals surface area contributed by atoms with Crippen LogP contribution < -0.4 is 5.73 Å². The van der Waals surface area contributed by atoms with Crippen LogP contribution in [0.1, 0.15) is 30.3 Å². The number of likely N-dealkylation sites (tertiary alicyclic amines) is 1. The Morgan fingerprint density at radius 1 is 1.47 bits per heavy atom. The van der Waals surface area contributed by atoms with Gasteiger partial charge in [0.1, 0.15) is 5.69 Å². The van der Waals surface area contributed by atoms with Crippen LogP contribution in [-0.2, 0) is 0 Å². The van der Waals surface area contributed by atoms with Crippen LogP contribution in [0.3, 0.4) is 0 Å². The molecule has 2 heterocycles. The topological polar surface area (TPSA) is 59.2 Å². The molecule has 2 unspecified atom stereocenters. The minimum Gasteiger partial charge on any atom is -0.333 e. The molecule has 6 heteroatoms. The van der Waals surface area contributed by atoms with E-state index in [9.17, 15) is 4.79 Å². The number of carbonyl (C=O) groups excluding carboxylic acids is 1. The molecule has 0 saturated carbocycles. The highest BCUT2D eigenvalue weighted by molar-refractivity contribution is 5.92. The Kier molecular flexibility index (Phi) is 7.99. The van der Waals surface area contributed by atoms with E-state index in [4.69, 9.17) is 5.73 Å². The molecule has 1 fully saturated rings. The maximum Gasteiger partial charge on any atom is 0.272 e. The Balaban J connectivity index is 0.00000162. The second kappa shape index (κ2) is 8.35. The highest BCUT2D eigenvalue weighted by Gasteiger charge is 2.29. The molecule has 0 bridgehead atoms. The molecule has 1 aliphatic heterocycles. The van der Waals surface area contributed by atoms with E-state index in [1.165, 1.54) is 0 Å². The van der Waals surface area contributed by atoms with Gasteiger partial charge in [-0.05, 0) is 30.9 Å². The van der Waals surface area contributed by atoms with Gasteiger partial charge in [0.05, 0.1) is 0 Å². The second-order valence-corrected chi connectivity index (χ2v) is 4.73. The molecule has 1 aromatic rings. The van der Waals surface area contributed by atoms with Crippen LogP contribution in [0.25, 0.3) is 0 Å². The average Bonchev–Trinajstić information content (AvgIpc) is 2.39. The first-order valence-corrected chi connectivity index (χ1v) is 6.14. The summed E-state index contributed by atoms with van der Waals surface area (Å²) >= 11 is 0. The fourth-order valence-electron chi connectivity index (χ4n) is 2.38. The minimum absolute atomic E-state index is 0. The molecule has 19 heavy (non-hydrogen) atoms. The van der Waals surface area contributed by atoms with Gasteiger partial charge in [-0.15, -0.1) is 24.8 Å². The van der Waals surface area contributed by atoms with Crippen molar-refractivity contribution in [2.24, 2.45) is 11.7 Å². The van der Waals surface area contributed by atoms with Gasteiger partial charge in [0.15, 0.2) is 0 Å². The summed E-state index contributed by atoms with van der Waals surface area (Å²) in [6.07, 6.45) is 3.70. The van der Waals surface area contributed by atoms with E-state index in [1.54, 1.807) is 12.3 Å². The zero-order valence-electron chi connectivity index (χ0n) is 11.0. The highest BCUT2D eigenvalue weighted by atomic mass is 35.5. The number of aromatic nitrogens is 1. The molecule has 1 amide bonds. The standard InChI is InChI=1S/C13H19N3O.2ClH/c1-10-5-7-16(11(8-10)9-14)13(17)12-4-2-3-6-15-12;;/h2-4,6,10-11H,5,7-9,14H2,1H3;2*1H. The predicted molar refractivity (Wildman–Crippen MR) is 81.0 cm³/mol. The Hall–Kier alpha value is -0.840. The van der Waals surface area contributed by atoms with Gasteiger partial charge in [-0.1, -0.05) is 13.0 Å². The first kappa shape index (κ1) is 18.2. The van der Waals surface area contributed by atoms with Gasteiger partial charge in [0.2, 0.25) is 0 Å². The van der Waals surface area contributed by atoms with E-state index < -0.39 is 0 Å². The molecule has 2 rings (SSSR count). The van der Waals surface area contributed by atoms with Gasteiger partial charge < -0.3 is 10.6 Å². The highest BCUT2D eigenvalue weighted by Crippen LogP contribution is 2.23. The lowest BCUT2D eigenvalue weighted by Crippen LogP contribution is -2.49. The van der Waals surface area contributed by atoms with E-state index in [-0.39, 0.29) is 36.8 Å². The van der Waals surface area contributed by atoms with Gasteiger partial charge in [-0.25, -0.2) is 0 Å². The van der Waals surface area contributed by atoms with E-state index in [0.29, 0.717) is 18.2 Å². The number of pyridine rings is 1. The monoisotopic (exact) mass is 305 g/mol. The summed E-state index contributed by atoms with van der Waals surface area (Å²) in [7, 11) is 0. The fraction of sp³-hybridized carbons (Fsp3) is 0.538. The maximum absolute atomic E-state index is 12.3. The summed E-state index contributed by atoms with van der Waals surface area (Å²) in [4.78, 5) is 18.3. The van der Waals surface area contributed by atoms with Crippen molar-refractivity contribution in [3.8, 4) is 0 Å². The molecule has 0 aromatic carbocycles. The molecule has 0 spiro atoms. The summed E-state index contributed by atoms with van der Waals surface area (Å²) in [5.74, 6) is 0.657. The number of amides is 1. The number of nitrogens with two attached hydrogens (primary N) is 1. The van der Waals surface area contributed by atoms with Crippen LogP contribution in [0.4, 0.5) is 0 Å². The molecule has 1 aliphatic rings. The summed E-state index contributed by atoms with van der Waals surface area (Å²) < 4.78 is 0. The van der Waals surface area contributed by atoms with Gasteiger partial charge >= 0.3 is 0 Å². The lowest BCUT2D eigenvalue weighted by Gasteiger charge is -2.37. The maximum atomic E-state index is 12.3. The minimum atomic E-state index is 0. The molecule has 108 valence electrons. The number of piperidine rings is 1. The molecule has 1 aromatic heterocycles. The third-order valence-electron chi connectivity index (χ3n) is 3.39. The molecule has 2 N–H and O–H groups in total. The third kappa shape index (κ3) is 4.34. The van der Waals surface area contributed by atoms with E-state index >= 15 is 0 Å². The Morgan fingerprint density at radius 3 is 2.79 bits per heavy atom. The zero-order valence-corrected chi connectivity index (χ0v) is 12.6. The Bertz CT molecular complexity index is 389. The molecule has 0 radical (unpaired) electrons. The van der Waals surface area contributed by atoms with E-state index in [0.717, 1.165) is 19.4 Å². The van der Waals surface area contributed by atoms with Crippen LogP contribution >= 0.6 is 24.8 Å². The van der Waals surface area contributed by atoms with Crippen molar-refractivity contribution in [2.75, 3.05) is 13.1 Å². The third-order valence-corrected chi connectivity index (χ3v) is 3.39. The number of nitrogens with zero attached hydrogens (tertiary/aromatic N) is 2. The van der Waals surface area contributed by atoms with Crippen molar-refractivity contribution in [3.63, 3.8) is 0 Å². The number of hydrogen-bond donors (Lipinski definition) is 1. The predicted octanol–water partition coefficient (Wildman–Crippen LogP) is 2.12. The Labute approximate surface area is 126 Å². The normalized spacial score (nSPS) is 22.1. The summed E-state index contributed by atoms with van der Waals surface area (Å²) in [5.41, 5.74) is 6.27. The molecular formula is C13H21Cl2N3O. The molecule has 1 saturated heterocycles. The number of rotatable bonds is 2. The van der Waals surface area contributed by atoms with E-state index in [2.05, 4.69) is 11.9 Å². The quantitative estimate of drug-likeness (QED) is 0.910. The second-order valence-electron chi connectivity index (χ2n) is 4.73. The first-order chi connectivity index (χ1) is 8.22. The molecule has 4 nitrogen and oxygen atoms in total. The van der Waals surface area contributed by atoms with Crippen LogP contribution in [0.15, 0.2) is 24.4 Å². The summed E-state index contributed by atoms with van der Waals surface area (Å²) in [6.45, 7) is 3.53. The van der Waals surface area contributed by atoms with Crippen molar-refractivity contribution in [2.45, 2.75) is 25.8 Å². The SMILES string of the molecule is CC1CCN(C(=O)c2ccccn2)C(CN)C1.Cl.Cl.